The fraction of sp³-hybridized carbons (Fsp3) is 0.941. The molecule has 0 radical (unpaired) electrons. The summed E-state index contributed by atoms with van der Waals surface area (Å²) in [5, 5.41) is 23.2. The van der Waals surface area contributed by atoms with Crippen LogP contribution in [0.2, 0.25) is 0 Å². The van der Waals surface area contributed by atoms with E-state index in [1.54, 1.807) is 5.57 Å². The third-order valence-electron chi connectivity index (χ3n) is 13.2. The van der Waals surface area contributed by atoms with Crippen molar-refractivity contribution in [2.24, 2.45) is 45.1 Å². The van der Waals surface area contributed by atoms with E-state index in [1.165, 1.54) is 38.5 Å². The van der Waals surface area contributed by atoms with E-state index in [2.05, 4.69) is 61.5 Å². The average Bonchev–Trinajstić information content (AvgIpc) is 3.20. The number of halogens is 1. The molecule has 0 aromatic carbocycles. The lowest BCUT2D eigenvalue weighted by molar-refractivity contribution is -0.234. The predicted octanol–water partition coefficient (Wildman–Crippen LogP) is 7.96. The van der Waals surface area contributed by atoms with Gasteiger partial charge in [0.1, 0.15) is 0 Å². The number of alkyl halides is 1. The number of allylic oxidation sites excluding steroid dienone is 1. The minimum atomic E-state index is -0.565. The van der Waals surface area contributed by atoms with Gasteiger partial charge in [0.15, 0.2) is 6.29 Å². The molecule has 7 heteroatoms. The number of hydrogen-bond acceptors (Lipinski definition) is 6. The van der Waals surface area contributed by atoms with Gasteiger partial charge < -0.3 is 19.7 Å². The molecular formula is C34H56INO5. The van der Waals surface area contributed by atoms with Crippen LogP contribution in [0.3, 0.4) is 0 Å². The Morgan fingerprint density at radius 3 is 2.59 bits per heavy atom. The van der Waals surface area contributed by atoms with E-state index in [-0.39, 0.29) is 24.9 Å². The van der Waals surface area contributed by atoms with Crippen LogP contribution < -0.4 is 0 Å². The Labute approximate surface area is 262 Å². The molecule has 1 saturated heterocycles. The Hall–Kier alpha value is -0.0900. The van der Waals surface area contributed by atoms with E-state index in [1.807, 2.05) is 13.8 Å². The van der Waals surface area contributed by atoms with Crippen molar-refractivity contribution < 1.29 is 19.7 Å². The molecule has 6 nitrogen and oxygen atoms in total. The topological polar surface area (TPSA) is 88.4 Å². The number of hydrogen-bond donors (Lipinski definition) is 2. The molecule has 0 bridgehead atoms. The summed E-state index contributed by atoms with van der Waals surface area (Å²) >= 11 is 2.76. The van der Waals surface area contributed by atoms with Gasteiger partial charge in [-0.2, -0.15) is 4.91 Å². The molecular weight excluding hydrogens is 629 g/mol. The molecule has 3 saturated carbocycles. The highest BCUT2D eigenvalue weighted by molar-refractivity contribution is 14.1. The number of aliphatic hydroxyl groups is 2. The molecule has 1 aliphatic heterocycles. The molecule has 0 aromatic heterocycles. The maximum absolute atomic E-state index is 11.3. The molecule has 3 unspecified atom stereocenters. The highest BCUT2D eigenvalue weighted by atomic mass is 127. The zero-order chi connectivity index (χ0) is 29.8. The van der Waals surface area contributed by atoms with Crippen molar-refractivity contribution in [2.45, 2.75) is 153 Å². The van der Waals surface area contributed by atoms with Crippen LogP contribution in [0.25, 0.3) is 0 Å². The summed E-state index contributed by atoms with van der Waals surface area (Å²) in [6.07, 6.45) is 14.7. The average molecular weight is 686 g/mol. The lowest BCUT2D eigenvalue weighted by atomic mass is 9.40. The van der Waals surface area contributed by atoms with Gasteiger partial charge >= 0.3 is 0 Å². The van der Waals surface area contributed by atoms with Crippen LogP contribution in [0.1, 0.15) is 119 Å². The van der Waals surface area contributed by atoms with E-state index >= 15 is 0 Å². The predicted molar refractivity (Wildman–Crippen MR) is 172 cm³/mol. The number of nitrogens with zero attached hydrogens (tertiary/aromatic N) is 1. The molecule has 4 aliphatic carbocycles. The second-order valence-electron chi connectivity index (χ2n) is 15.9. The van der Waals surface area contributed by atoms with Gasteiger partial charge in [-0.15, -0.1) is 0 Å². The Kier molecular flexibility index (Phi) is 9.47. The first-order valence-corrected chi connectivity index (χ1v) is 17.8. The third kappa shape index (κ3) is 5.86. The normalized spacial score (nSPS) is 47.1. The number of fused-ring (bicyclic) bond motifs is 5. The Morgan fingerprint density at radius 1 is 1.15 bits per heavy atom. The Balaban J connectivity index is 1.29. The third-order valence-corrected chi connectivity index (χ3v) is 14.7. The SMILES string of the molecule is C[C@@H]1C2=CCC3[C@@](C)(CC[C@]4(C)C([C@H](I)CCCC(C)(C)O)CC[C@@]34C)C2CC[C@@H]1O[C@H]1C[C@@H](N=O)C[C@@H](CO)O1. The Morgan fingerprint density at radius 2 is 1.90 bits per heavy atom. The fourth-order valence-corrected chi connectivity index (χ4v) is 12.2. The molecule has 4 fully saturated rings. The summed E-state index contributed by atoms with van der Waals surface area (Å²) < 4.78 is 13.2. The summed E-state index contributed by atoms with van der Waals surface area (Å²) in [5.41, 5.74) is 2.09. The summed E-state index contributed by atoms with van der Waals surface area (Å²) in [6, 6.07) is -0.345. The van der Waals surface area contributed by atoms with Gasteiger partial charge in [0, 0.05) is 22.7 Å². The molecule has 234 valence electrons. The lowest BCUT2D eigenvalue weighted by Gasteiger charge is -2.65. The van der Waals surface area contributed by atoms with Crippen molar-refractivity contribution in [1.82, 2.24) is 0 Å². The minimum absolute atomic E-state index is 0.0800. The maximum atomic E-state index is 11.3. The van der Waals surface area contributed by atoms with Crippen LogP contribution in [0.4, 0.5) is 0 Å². The summed E-state index contributed by atoms with van der Waals surface area (Å²) in [7, 11) is 0. The molecule has 0 spiro atoms. The number of aliphatic hydroxyl groups excluding tert-OH is 1. The lowest BCUT2D eigenvalue weighted by Crippen LogP contribution is -2.58. The van der Waals surface area contributed by atoms with Gasteiger partial charge in [0.2, 0.25) is 0 Å². The van der Waals surface area contributed by atoms with Gasteiger partial charge in [-0.05, 0) is 112 Å². The summed E-state index contributed by atoms with van der Waals surface area (Å²) in [6.45, 7) is 14.0. The largest absolute Gasteiger partial charge is 0.394 e. The van der Waals surface area contributed by atoms with Crippen LogP contribution in [0, 0.1) is 44.8 Å². The van der Waals surface area contributed by atoms with Crippen molar-refractivity contribution in [3.05, 3.63) is 16.6 Å². The molecule has 1 heterocycles. The van der Waals surface area contributed by atoms with Gasteiger partial charge in [-0.3, -0.25) is 0 Å². The number of rotatable bonds is 9. The molecule has 41 heavy (non-hydrogen) atoms. The monoisotopic (exact) mass is 685 g/mol. The van der Waals surface area contributed by atoms with Gasteiger partial charge in [0.05, 0.1) is 30.5 Å². The highest BCUT2D eigenvalue weighted by Crippen LogP contribution is 2.74. The quantitative estimate of drug-likeness (QED) is 0.111. The van der Waals surface area contributed by atoms with Crippen molar-refractivity contribution in [1.29, 1.82) is 0 Å². The van der Waals surface area contributed by atoms with Crippen LogP contribution in [-0.2, 0) is 9.47 Å². The highest BCUT2D eigenvalue weighted by Gasteiger charge is 2.67. The first kappa shape index (κ1) is 32.3. The first-order valence-electron chi connectivity index (χ1n) is 16.6. The van der Waals surface area contributed by atoms with Crippen molar-refractivity contribution in [3.8, 4) is 0 Å². The fourth-order valence-electron chi connectivity index (χ4n) is 10.6. The van der Waals surface area contributed by atoms with Crippen molar-refractivity contribution >= 4 is 22.6 Å². The standard InChI is InChI=1S/C34H56INO5/c1-21-24-9-12-29-32(4,25(24)10-11-28(21)41-30-19-22(36-39)18-23(20-37)40-30)16-17-33(5)26(13-15-34(29,33)6)27(35)8-7-14-31(2,3)38/h9,21-23,25-30,37-38H,7-8,10-20H2,1-6H3/t21-,22+,23+,25?,26?,27-,28+,29?,30+,32+,33-,34+/m1/s1. The van der Waals surface area contributed by atoms with Crippen LogP contribution >= 0.6 is 22.6 Å². The molecule has 12 atom stereocenters. The summed E-state index contributed by atoms with van der Waals surface area (Å²) in [4.78, 5) is 11.3. The van der Waals surface area contributed by atoms with Gasteiger partial charge in [-0.1, -0.05) is 67.1 Å². The van der Waals surface area contributed by atoms with E-state index in [9.17, 15) is 15.1 Å². The van der Waals surface area contributed by atoms with E-state index < -0.39 is 11.9 Å². The second kappa shape index (κ2) is 12.0. The summed E-state index contributed by atoms with van der Waals surface area (Å²) in [5.74, 6) is 2.42. The molecule has 5 rings (SSSR count). The zero-order valence-electron chi connectivity index (χ0n) is 26.4. The maximum Gasteiger partial charge on any atom is 0.160 e. The van der Waals surface area contributed by atoms with Crippen LogP contribution in [0.5, 0.6) is 0 Å². The second-order valence-corrected chi connectivity index (χ2v) is 17.5. The van der Waals surface area contributed by atoms with Crippen LogP contribution in [0.15, 0.2) is 16.8 Å². The van der Waals surface area contributed by atoms with Crippen LogP contribution in [-0.4, -0.2) is 50.9 Å². The number of ether oxygens (including phenoxy) is 2. The van der Waals surface area contributed by atoms with Crippen molar-refractivity contribution in [3.63, 3.8) is 0 Å². The van der Waals surface area contributed by atoms with Gasteiger partial charge in [0.25, 0.3) is 0 Å². The number of nitroso groups, excluding NO2 is 1. The van der Waals surface area contributed by atoms with Crippen molar-refractivity contribution in [2.75, 3.05) is 6.61 Å². The van der Waals surface area contributed by atoms with Gasteiger partial charge in [-0.25, -0.2) is 0 Å². The molecule has 0 amide bonds. The molecule has 2 N–H and O–H groups in total. The zero-order valence-corrected chi connectivity index (χ0v) is 28.6. The smallest absolute Gasteiger partial charge is 0.160 e. The molecule has 0 aromatic rings. The first-order chi connectivity index (χ1) is 19.3. The van der Waals surface area contributed by atoms with E-state index in [0.29, 0.717) is 50.8 Å². The van der Waals surface area contributed by atoms with E-state index in [4.69, 9.17) is 9.47 Å². The molecule has 5 aliphatic rings. The Bertz CT molecular complexity index is 983. The van der Waals surface area contributed by atoms with E-state index in [0.717, 1.165) is 31.6 Å². The minimum Gasteiger partial charge on any atom is -0.394 e.